The molecule has 1 unspecified atom stereocenters. The van der Waals surface area contributed by atoms with Crippen molar-refractivity contribution in [2.75, 3.05) is 26.3 Å². The Morgan fingerprint density at radius 2 is 1.87 bits per heavy atom. The number of ether oxygens (including phenoxy) is 2. The summed E-state index contributed by atoms with van der Waals surface area (Å²) in [6, 6.07) is 4.68. The number of rotatable bonds is 3. The molecule has 2 fully saturated rings. The summed E-state index contributed by atoms with van der Waals surface area (Å²) in [5.41, 5.74) is 0.831. The first-order valence-corrected chi connectivity index (χ1v) is 8.07. The van der Waals surface area contributed by atoms with Crippen LogP contribution in [0.2, 0.25) is 0 Å². The molecule has 0 aromatic heterocycles. The van der Waals surface area contributed by atoms with Crippen LogP contribution in [0.5, 0.6) is 11.5 Å². The zero-order valence-electron chi connectivity index (χ0n) is 13.3. The Hall–Kier alpha value is -1.79. The lowest BCUT2D eigenvalue weighted by atomic mass is 9.97. The minimum Gasteiger partial charge on any atom is -0.504 e. The molecule has 126 valence electrons. The first-order valence-electron chi connectivity index (χ1n) is 8.07. The average molecular weight is 321 g/mol. The number of hydrogen-bond donors (Lipinski definition) is 2. The van der Waals surface area contributed by atoms with Gasteiger partial charge in [0.25, 0.3) is 0 Å². The zero-order valence-corrected chi connectivity index (χ0v) is 13.3. The maximum Gasteiger partial charge on any atom is 0.225 e. The highest BCUT2D eigenvalue weighted by Gasteiger charge is 2.41. The molecule has 0 saturated carbocycles. The highest BCUT2D eigenvalue weighted by atomic mass is 16.7. The van der Waals surface area contributed by atoms with Crippen LogP contribution in [0, 0.1) is 5.92 Å². The first-order chi connectivity index (χ1) is 11.0. The van der Waals surface area contributed by atoms with E-state index in [2.05, 4.69) is 0 Å². The van der Waals surface area contributed by atoms with Gasteiger partial charge < -0.3 is 24.6 Å². The number of nitrogens with zero attached hydrogens (tertiary/aromatic N) is 1. The Kier molecular flexibility index (Phi) is 4.46. The molecule has 1 atom stereocenters. The van der Waals surface area contributed by atoms with Gasteiger partial charge in [-0.05, 0) is 24.1 Å². The fourth-order valence-electron chi connectivity index (χ4n) is 3.30. The summed E-state index contributed by atoms with van der Waals surface area (Å²) in [5, 5.41) is 18.9. The van der Waals surface area contributed by atoms with Crippen LogP contribution < -0.4 is 0 Å². The van der Waals surface area contributed by atoms with E-state index in [-0.39, 0.29) is 23.3 Å². The predicted octanol–water partition coefficient (Wildman–Crippen LogP) is 1.64. The van der Waals surface area contributed by atoms with Crippen LogP contribution in [0.25, 0.3) is 0 Å². The van der Waals surface area contributed by atoms with Crippen LogP contribution in [-0.4, -0.2) is 53.1 Å². The second-order valence-electron chi connectivity index (χ2n) is 6.36. The van der Waals surface area contributed by atoms with Crippen molar-refractivity contribution in [3.8, 4) is 11.5 Å². The Balaban J connectivity index is 1.56. The lowest BCUT2D eigenvalue weighted by molar-refractivity contribution is -0.188. The number of phenolic OH excluding ortho intramolecular Hbond substituents is 2. The Morgan fingerprint density at radius 3 is 2.48 bits per heavy atom. The SMILES string of the molecule is CC(Cc1ccc(O)c(O)c1)C(=O)N1CCC2(CC1)OCCO2. The normalized spacial score (nSPS) is 21.5. The van der Waals surface area contributed by atoms with Gasteiger partial charge in [-0.2, -0.15) is 0 Å². The number of carbonyl (C=O) groups excluding carboxylic acids is 1. The third-order valence-corrected chi connectivity index (χ3v) is 4.65. The van der Waals surface area contributed by atoms with E-state index >= 15 is 0 Å². The van der Waals surface area contributed by atoms with E-state index in [1.807, 2.05) is 11.8 Å². The second-order valence-corrected chi connectivity index (χ2v) is 6.36. The van der Waals surface area contributed by atoms with Crippen molar-refractivity contribution < 1.29 is 24.5 Å². The van der Waals surface area contributed by atoms with Crippen molar-refractivity contribution in [1.82, 2.24) is 4.90 Å². The topological polar surface area (TPSA) is 79.2 Å². The Bertz CT molecular complexity index is 572. The van der Waals surface area contributed by atoms with Gasteiger partial charge in [0.05, 0.1) is 13.2 Å². The van der Waals surface area contributed by atoms with E-state index in [9.17, 15) is 15.0 Å². The number of carbonyl (C=O) groups is 1. The molecule has 2 aliphatic heterocycles. The van der Waals surface area contributed by atoms with Crippen LogP contribution in [0.15, 0.2) is 18.2 Å². The fourth-order valence-corrected chi connectivity index (χ4v) is 3.30. The minimum atomic E-state index is -0.469. The number of benzene rings is 1. The molecule has 2 aliphatic rings. The molecule has 1 aromatic rings. The van der Waals surface area contributed by atoms with Crippen molar-refractivity contribution in [3.63, 3.8) is 0 Å². The van der Waals surface area contributed by atoms with E-state index < -0.39 is 5.79 Å². The van der Waals surface area contributed by atoms with E-state index in [1.54, 1.807) is 6.07 Å². The summed E-state index contributed by atoms with van der Waals surface area (Å²) in [7, 11) is 0. The van der Waals surface area contributed by atoms with Crippen molar-refractivity contribution >= 4 is 5.91 Å². The molecule has 0 bridgehead atoms. The predicted molar refractivity (Wildman–Crippen MR) is 83.1 cm³/mol. The number of amides is 1. The highest BCUT2D eigenvalue weighted by Crippen LogP contribution is 2.32. The van der Waals surface area contributed by atoms with Gasteiger partial charge in [-0.1, -0.05) is 13.0 Å². The number of piperidine rings is 1. The molecule has 1 amide bonds. The molecule has 1 aromatic carbocycles. The monoisotopic (exact) mass is 321 g/mol. The van der Waals surface area contributed by atoms with E-state index in [0.29, 0.717) is 45.6 Å². The molecule has 1 spiro atoms. The second kappa shape index (κ2) is 6.37. The first kappa shape index (κ1) is 16.1. The molecule has 23 heavy (non-hydrogen) atoms. The van der Waals surface area contributed by atoms with Crippen molar-refractivity contribution in [2.45, 2.75) is 32.0 Å². The van der Waals surface area contributed by atoms with Gasteiger partial charge in [0, 0.05) is 31.8 Å². The molecule has 3 rings (SSSR count). The Labute approximate surface area is 135 Å². The summed E-state index contributed by atoms with van der Waals surface area (Å²) in [5.74, 6) is -0.852. The molecular formula is C17H23NO5. The zero-order chi connectivity index (χ0) is 16.4. The molecule has 6 heteroatoms. The number of phenols is 2. The van der Waals surface area contributed by atoms with Gasteiger partial charge in [-0.15, -0.1) is 0 Å². The standard InChI is InChI=1S/C17H23NO5/c1-12(10-13-2-3-14(19)15(20)11-13)16(21)18-6-4-17(5-7-18)22-8-9-23-17/h2-3,11-12,19-20H,4-10H2,1H3. The number of hydrogen-bond acceptors (Lipinski definition) is 5. The maximum absolute atomic E-state index is 12.6. The van der Waals surface area contributed by atoms with Crippen LogP contribution in [-0.2, 0) is 20.7 Å². The third kappa shape index (κ3) is 3.43. The summed E-state index contributed by atoms with van der Waals surface area (Å²) in [6.45, 7) is 4.44. The van der Waals surface area contributed by atoms with Gasteiger partial charge in [-0.3, -0.25) is 4.79 Å². The van der Waals surface area contributed by atoms with E-state index in [0.717, 1.165) is 5.56 Å². The van der Waals surface area contributed by atoms with Gasteiger partial charge in [0.15, 0.2) is 17.3 Å². The van der Waals surface area contributed by atoms with Crippen LogP contribution in [0.1, 0.15) is 25.3 Å². The molecule has 2 N–H and O–H groups in total. The quantitative estimate of drug-likeness (QED) is 0.828. The summed E-state index contributed by atoms with van der Waals surface area (Å²) in [4.78, 5) is 14.5. The van der Waals surface area contributed by atoms with Crippen molar-refractivity contribution in [2.24, 2.45) is 5.92 Å². The largest absolute Gasteiger partial charge is 0.504 e. The van der Waals surface area contributed by atoms with Gasteiger partial charge in [0.2, 0.25) is 5.91 Å². The molecule has 0 aliphatic carbocycles. The highest BCUT2D eigenvalue weighted by molar-refractivity contribution is 5.79. The summed E-state index contributed by atoms with van der Waals surface area (Å²) < 4.78 is 11.4. The van der Waals surface area contributed by atoms with Crippen molar-refractivity contribution in [3.05, 3.63) is 23.8 Å². The lowest BCUT2D eigenvalue weighted by Gasteiger charge is -2.38. The van der Waals surface area contributed by atoms with E-state index in [1.165, 1.54) is 12.1 Å². The molecule has 0 radical (unpaired) electrons. The molecular weight excluding hydrogens is 298 g/mol. The Morgan fingerprint density at radius 1 is 1.22 bits per heavy atom. The van der Waals surface area contributed by atoms with Gasteiger partial charge in [0.1, 0.15) is 0 Å². The third-order valence-electron chi connectivity index (χ3n) is 4.65. The van der Waals surface area contributed by atoms with Crippen LogP contribution in [0.3, 0.4) is 0 Å². The molecule has 2 heterocycles. The lowest BCUT2D eigenvalue weighted by Crippen LogP contribution is -2.48. The van der Waals surface area contributed by atoms with Gasteiger partial charge >= 0.3 is 0 Å². The number of aromatic hydroxyl groups is 2. The van der Waals surface area contributed by atoms with Crippen molar-refractivity contribution in [1.29, 1.82) is 0 Å². The number of likely N-dealkylation sites (tertiary alicyclic amines) is 1. The van der Waals surface area contributed by atoms with Crippen LogP contribution >= 0.6 is 0 Å². The fraction of sp³-hybridized carbons (Fsp3) is 0.588. The smallest absolute Gasteiger partial charge is 0.225 e. The average Bonchev–Trinajstić information content (AvgIpc) is 2.99. The molecule has 2 saturated heterocycles. The summed E-state index contributed by atoms with van der Waals surface area (Å²) >= 11 is 0. The maximum atomic E-state index is 12.6. The van der Waals surface area contributed by atoms with E-state index in [4.69, 9.17) is 9.47 Å². The molecule has 6 nitrogen and oxygen atoms in total. The van der Waals surface area contributed by atoms with Gasteiger partial charge in [-0.25, -0.2) is 0 Å². The minimum absolute atomic E-state index is 0.102. The summed E-state index contributed by atoms with van der Waals surface area (Å²) in [6.07, 6.45) is 1.96. The van der Waals surface area contributed by atoms with Crippen LogP contribution in [0.4, 0.5) is 0 Å².